The maximum atomic E-state index is 13.2. The van der Waals surface area contributed by atoms with Gasteiger partial charge in [0, 0.05) is 25.7 Å². The van der Waals surface area contributed by atoms with Crippen LogP contribution in [-0.2, 0) is 22.8 Å². The zero-order valence-corrected chi connectivity index (χ0v) is 16.3. The van der Waals surface area contributed by atoms with Crippen molar-refractivity contribution in [2.24, 2.45) is 5.92 Å². The number of aryl methyl sites for hydroxylation is 1. The fraction of sp³-hybridized carbons (Fsp3) is 0.765. The highest BCUT2D eigenvalue weighted by molar-refractivity contribution is 7.91. The summed E-state index contributed by atoms with van der Waals surface area (Å²) in [5.41, 5.74) is 1.50. The summed E-state index contributed by atoms with van der Waals surface area (Å²) in [6, 6.07) is 1.52. The van der Waals surface area contributed by atoms with E-state index >= 15 is 0 Å². The highest BCUT2D eigenvalue weighted by Crippen LogP contribution is 2.27. The average molecular weight is 369 g/mol. The molecule has 0 N–H and O–H groups in total. The first kappa shape index (κ1) is 18.4. The molecule has 1 aromatic heterocycles. The van der Waals surface area contributed by atoms with Crippen molar-refractivity contribution in [3.8, 4) is 0 Å². The lowest BCUT2D eigenvalue weighted by atomic mass is 10.0. The van der Waals surface area contributed by atoms with Gasteiger partial charge in [-0.25, -0.2) is 8.42 Å². The Morgan fingerprint density at radius 1 is 1.28 bits per heavy atom. The summed E-state index contributed by atoms with van der Waals surface area (Å²) < 4.78 is 26.0. The smallest absolute Gasteiger partial charge is 0.272 e. The largest absolute Gasteiger partial charge is 0.330 e. The van der Waals surface area contributed by atoms with Crippen molar-refractivity contribution in [2.45, 2.75) is 45.8 Å². The molecule has 2 aliphatic heterocycles. The van der Waals surface area contributed by atoms with Gasteiger partial charge >= 0.3 is 0 Å². The molecule has 25 heavy (non-hydrogen) atoms. The minimum atomic E-state index is -3.09. The van der Waals surface area contributed by atoms with Gasteiger partial charge in [-0.15, -0.1) is 0 Å². The monoisotopic (exact) mass is 368 g/mol. The Kier molecular flexibility index (Phi) is 4.94. The Balaban J connectivity index is 1.89. The predicted octanol–water partition coefficient (Wildman–Crippen LogP) is 0.655. The first-order valence-corrected chi connectivity index (χ1v) is 10.8. The second-order valence-corrected chi connectivity index (χ2v) is 9.78. The molecule has 1 amide bonds. The van der Waals surface area contributed by atoms with Crippen molar-refractivity contribution in [1.82, 2.24) is 19.6 Å². The number of amides is 1. The van der Waals surface area contributed by atoms with Crippen LogP contribution in [-0.4, -0.2) is 77.6 Å². The average Bonchev–Trinajstić information content (AvgIpc) is 3.06. The lowest BCUT2D eigenvalue weighted by molar-refractivity contribution is 0.0399. The van der Waals surface area contributed by atoms with E-state index in [1.54, 1.807) is 9.58 Å². The quantitative estimate of drug-likeness (QED) is 0.780. The van der Waals surface area contributed by atoms with E-state index in [1.807, 2.05) is 20.0 Å². The normalized spacial score (nSPS) is 26.2. The summed E-state index contributed by atoms with van der Waals surface area (Å²) in [5, 5.41) is 4.55. The van der Waals surface area contributed by atoms with E-state index in [0.29, 0.717) is 31.2 Å². The number of aromatic nitrogens is 2. The molecule has 3 heterocycles. The number of piperazine rings is 1. The number of likely N-dealkylation sites (N-methyl/N-ethyl adjacent to an activating group) is 1. The molecule has 2 aliphatic rings. The van der Waals surface area contributed by atoms with Crippen LogP contribution < -0.4 is 0 Å². The summed E-state index contributed by atoms with van der Waals surface area (Å²) in [7, 11) is -1.15. The van der Waals surface area contributed by atoms with Crippen molar-refractivity contribution in [1.29, 1.82) is 0 Å². The van der Waals surface area contributed by atoms with E-state index in [2.05, 4.69) is 23.8 Å². The Labute approximate surface area is 149 Å². The standard InChI is InChI=1S/C17H28N4O3S/c1-5-21-14(9-13(18-21)8-12(2)3)17(22)20-7-6-19(4)15-10-25(23,24)11-16(15)20/h9,12,15-16H,5-8,10-11H2,1-4H3/t15-,16+/m0/s1. The molecule has 2 atom stereocenters. The van der Waals surface area contributed by atoms with Crippen LogP contribution in [0.1, 0.15) is 37.0 Å². The first-order chi connectivity index (χ1) is 11.7. The minimum Gasteiger partial charge on any atom is -0.330 e. The summed E-state index contributed by atoms with van der Waals surface area (Å²) in [6.45, 7) is 8.10. The Morgan fingerprint density at radius 3 is 2.60 bits per heavy atom. The van der Waals surface area contributed by atoms with Crippen LogP contribution in [0.3, 0.4) is 0 Å². The van der Waals surface area contributed by atoms with Crippen molar-refractivity contribution in [3.63, 3.8) is 0 Å². The fourth-order valence-electron chi connectivity index (χ4n) is 3.93. The third-order valence-corrected chi connectivity index (χ3v) is 6.88. The molecule has 2 saturated heterocycles. The third-order valence-electron chi connectivity index (χ3n) is 5.18. The molecule has 0 radical (unpaired) electrons. The van der Waals surface area contributed by atoms with Crippen LogP contribution in [0.25, 0.3) is 0 Å². The van der Waals surface area contributed by atoms with Gasteiger partial charge < -0.3 is 4.90 Å². The van der Waals surface area contributed by atoms with Crippen molar-refractivity contribution < 1.29 is 13.2 Å². The van der Waals surface area contributed by atoms with E-state index in [9.17, 15) is 13.2 Å². The maximum absolute atomic E-state index is 13.2. The SMILES string of the molecule is CCn1nc(CC(C)C)cc1C(=O)N1CCN(C)[C@H]2CS(=O)(=O)C[C@H]21. The van der Waals surface area contributed by atoms with Gasteiger partial charge in [0.15, 0.2) is 9.84 Å². The first-order valence-electron chi connectivity index (χ1n) is 9.00. The van der Waals surface area contributed by atoms with Gasteiger partial charge in [-0.1, -0.05) is 13.8 Å². The molecule has 8 heteroatoms. The van der Waals surface area contributed by atoms with Gasteiger partial charge in [0.25, 0.3) is 5.91 Å². The van der Waals surface area contributed by atoms with Crippen LogP contribution >= 0.6 is 0 Å². The van der Waals surface area contributed by atoms with E-state index < -0.39 is 9.84 Å². The molecule has 0 spiro atoms. The summed E-state index contributed by atoms with van der Waals surface area (Å²) >= 11 is 0. The molecule has 0 unspecified atom stereocenters. The van der Waals surface area contributed by atoms with Gasteiger partial charge in [0.1, 0.15) is 5.69 Å². The number of fused-ring (bicyclic) bond motifs is 1. The molecule has 140 valence electrons. The van der Waals surface area contributed by atoms with Gasteiger partial charge in [-0.2, -0.15) is 5.10 Å². The van der Waals surface area contributed by atoms with Gasteiger partial charge in [-0.05, 0) is 32.4 Å². The minimum absolute atomic E-state index is 0.0624. The Morgan fingerprint density at radius 2 is 1.96 bits per heavy atom. The maximum Gasteiger partial charge on any atom is 0.272 e. The lowest BCUT2D eigenvalue weighted by Gasteiger charge is -2.42. The summed E-state index contributed by atoms with van der Waals surface area (Å²) in [5.74, 6) is 0.580. The molecule has 7 nitrogen and oxygen atoms in total. The molecule has 0 bridgehead atoms. The number of nitrogens with zero attached hydrogens (tertiary/aromatic N) is 4. The number of sulfone groups is 1. The second kappa shape index (κ2) is 6.72. The summed E-state index contributed by atoms with van der Waals surface area (Å²) in [6.07, 6.45) is 0.830. The van der Waals surface area contributed by atoms with Crippen molar-refractivity contribution >= 4 is 15.7 Å². The Bertz CT molecular complexity index is 756. The Hall–Kier alpha value is -1.41. The predicted molar refractivity (Wildman–Crippen MR) is 96.3 cm³/mol. The van der Waals surface area contributed by atoms with E-state index in [0.717, 1.165) is 12.1 Å². The molecule has 0 aromatic carbocycles. The topological polar surface area (TPSA) is 75.5 Å². The summed E-state index contributed by atoms with van der Waals surface area (Å²) in [4.78, 5) is 17.0. The zero-order valence-electron chi connectivity index (χ0n) is 15.5. The molecule has 3 rings (SSSR count). The van der Waals surface area contributed by atoms with Gasteiger partial charge in [0.05, 0.1) is 23.2 Å². The lowest BCUT2D eigenvalue weighted by Crippen LogP contribution is -2.59. The molecule has 0 aliphatic carbocycles. The molecular formula is C17H28N4O3S. The highest BCUT2D eigenvalue weighted by Gasteiger charge is 2.47. The number of rotatable bonds is 4. The van der Waals surface area contributed by atoms with E-state index in [1.165, 1.54) is 0 Å². The highest BCUT2D eigenvalue weighted by atomic mass is 32.2. The number of hydrogen-bond donors (Lipinski definition) is 0. The third kappa shape index (κ3) is 3.60. The van der Waals surface area contributed by atoms with Crippen molar-refractivity contribution in [3.05, 3.63) is 17.5 Å². The zero-order chi connectivity index (χ0) is 18.4. The van der Waals surface area contributed by atoms with E-state index in [4.69, 9.17) is 0 Å². The van der Waals surface area contributed by atoms with Gasteiger partial charge in [-0.3, -0.25) is 14.4 Å². The molecule has 2 fully saturated rings. The van der Waals surface area contributed by atoms with Crippen LogP contribution in [0.5, 0.6) is 0 Å². The molecule has 1 aromatic rings. The van der Waals surface area contributed by atoms with Crippen LogP contribution in [0.4, 0.5) is 0 Å². The molecular weight excluding hydrogens is 340 g/mol. The molecule has 0 saturated carbocycles. The van der Waals surface area contributed by atoms with Gasteiger partial charge in [0.2, 0.25) is 0 Å². The number of hydrogen-bond acceptors (Lipinski definition) is 5. The van der Waals surface area contributed by atoms with Crippen LogP contribution in [0.15, 0.2) is 6.07 Å². The number of carbonyl (C=O) groups excluding carboxylic acids is 1. The van der Waals surface area contributed by atoms with Crippen molar-refractivity contribution in [2.75, 3.05) is 31.6 Å². The van der Waals surface area contributed by atoms with Crippen LogP contribution in [0, 0.1) is 5.92 Å². The van der Waals surface area contributed by atoms with Crippen LogP contribution in [0.2, 0.25) is 0 Å². The second-order valence-electron chi connectivity index (χ2n) is 7.63. The fourth-order valence-corrected chi connectivity index (χ4v) is 5.98. The van der Waals surface area contributed by atoms with E-state index in [-0.39, 0.29) is 29.5 Å². The number of carbonyl (C=O) groups is 1.